The number of carbonyl (C=O) groups is 2. The van der Waals surface area contributed by atoms with Gasteiger partial charge in [0, 0.05) is 25.4 Å². The van der Waals surface area contributed by atoms with Gasteiger partial charge in [0.05, 0.1) is 17.4 Å². The van der Waals surface area contributed by atoms with Crippen molar-refractivity contribution in [1.29, 1.82) is 0 Å². The molecular formula is C17H22N4O2S. The number of pyridine rings is 1. The Morgan fingerprint density at radius 1 is 1.42 bits per heavy atom. The van der Waals surface area contributed by atoms with Gasteiger partial charge in [-0.15, -0.1) is 11.3 Å². The van der Waals surface area contributed by atoms with E-state index < -0.39 is 0 Å². The summed E-state index contributed by atoms with van der Waals surface area (Å²) in [4.78, 5) is 32.0. The second-order valence-corrected chi connectivity index (χ2v) is 6.96. The summed E-state index contributed by atoms with van der Waals surface area (Å²) in [5.41, 5.74) is 7.44. The summed E-state index contributed by atoms with van der Waals surface area (Å²) >= 11 is 1.30. The highest BCUT2D eigenvalue weighted by atomic mass is 32.1. The third kappa shape index (κ3) is 2.84. The van der Waals surface area contributed by atoms with E-state index in [2.05, 4.69) is 5.32 Å². The number of anilines is 1. The molecule has 2 amide bonds. The molecule has 2 aromatic rings. The van der Waals surface area contributed by atoms with Gasteiger partial charge in [0.2, 0.25) is 5.91 Å². The number of aromatic nitrogens is 1. The standard InChI is InChI=1S/C17H22N4O2S/c1-3-13(22)21-9-5-4-6-12(21)11-8-7-10-14(18)15(16(23)19-2)24-17(10)20-11/h7-8,12H,3-6,9,18H2,1-2H3,(H,19,23)/t12-/m1/s1. The number of nitrogen functional groups attached to an aromatic ring is 1. The van der Waals surface area contributed by atoms with E-state index in [9.17, 15) is 9.59 Å². The van der Waals surface area contributed by atoms with Crippen LogP contribution in [0.25, 0.3) is 10.2 Å². The molecule has 128 valence electrons. The van der Waals surface area contributed by atoms with Crippen molar-refractivity contribution in [2.75, 3.05) is 19.3 Å². The number of carbonyl (C=O) groups excluding carboxylic acids is 2. The maximum absolute atomic E-state index is 12.2. The molecule has 24 heavy (non-hydrogen) atoms. The van der Waals surface area contributed by atoms with Gasteiger partial charge in [-0.25, -0.2) is 4.98 Å². The summed E-state index contributed by atoms with van der Waals surface area (Å²) in [6, 6.07) is 3.87. The first-order valence-electron chi connectivity index (χ1n) is 8.27. The highest BCUT2D eigenvalue weighted by Crippen LogP contribution is 2.36. The number of nitrogens with two attached hydrogens (primary N) is 1. The Kier molecular flexibility index (Phi) is 4.71. The number of hydrogen-bond donors (Lipinski definition) is 2. The highest BCUT2D eigenvalue weighted by molar-refractivity contribution is 7.21. The van der Waals surface area contributed by atoms with Crippen molar-refractivity contribution >= 4 is 39.1 Å². The largest absolute Gasteiger partial charge is 0.397 e. The molecule has 1 fully saturated rings. The fourth-order valence-corrected chi connectivity index (χ4v) is 4.27. The van der Waals surface area contributed by atoms with E-state index in [0.29, 0.717) is 17.0 Å². The van der Waals surface area contributed by atoms with Crippen LogP contribution in [-0.4, -0.2) is 35.3 Å². The zero-order chi connectivity index (χ0) is 17.3. The van der Waals surface area contributed by atoms with E-state index in [1.807, 2.05) is 24.0 Å². The van der Waals surface area contributed by atoms with Crippen LogP contribution in [0.1, 0.15) is 54.0 Å². The van der Waals surface area contributed by atoms with Gasteiger partial charge >= 0.3 is 0 Å². The van der Waals surface area contributed by atoms with Crippen molar-refractivity contribution < 1.29 is 9.59 Å². The number of nitrogens with one attached hydrogen (secondary N) is 1. The molecule has 1 atom stereocenters. The van der Waals surface area contributed by atoms with Crippen LogP contribution in [0.5, 0.6) is 0 Å². The van der Waals surface area contributed by atoms with Crippen molar-refractivity contribution in [2.45, 2.75) is 38.6 Å². The normalized spacial score (nSPS) is 17.9. The molecule has 0 spiro atoms. The number of rotatable bonds is 3. The average Bonchev–Trinajstić information content (AvgIpc) is 2.96. The van der Waals surface area contributed by atoms with E-state index >= 15 is 0 Å². The van der Waals surface area contributed by atoms with Gasteiger partial charge in [-0.1, -0.05) is 6.92 Å². The summed E-state index contributed by atoms with van der Waals surface area (Å²) < 4.78 is 0. The van der Waals surface area contributed by atoms with Gasteiger partial charge in [-0.2, -0.15) is 0 Å². The Balaban J connectivity index is 2.00. The highest BCUT2D eigenvalue weighted by Gasteiger charge is 2.28. The average molecular weight is 346 g/mol. The maximum atomic E-state index is 12.2. The minimum atomic E-state index is -0.197. The van der Waals surface area contributed by atoms with E-state index in [1.54, 1.807) is 7.05 Å². The van der Waals surface area contributed by atoms with Gasteiger partial charge in [-0.3, -0.25) is 9.59 Å². The Hall–Kier alpha value is -2.15. The molecule has 0 aliphatic carbocycles. The predicted molar refractivity (Wildman–Crippen MR) is 96.0 cm³/mol. The van der Waals surface area contributed by atoms with E-state index in [-0.39, 0.29) is 17.9 Å². The summed E-state index contributed by atoms with van der Waals surface area (Å²) in [7, 11) is 1.58. The SMILES string of the molecule is CCC(=O)N1CCCC[C@@H]1c1ccc2c(N)c(C(=O)NC)sc2n1. The minimum Gasteiger partial charge on any atom is -0.397 e. The van der Waals surface area contributed by atoms with Crippen molar-refractivity contribution in [3.63, 3.8) is 0 Å². The van der Waals surface area contributed by atoms with Crippen LogP contribution in [-0.2, 0) is 4.79 Å². The molecule has 0 radical (unpaired) electrons. The first-order valence-corrected chi connectivity index (χ1v) is 9.09. The molecule has 0 aromatic carbocycles. The van der Waals surface area contributed by atoms with Gasteiger partial charge in [0.25, 0.3) is 5.91 Å². The van der Waals surface area contributed by atoms with Crippen LogP contribution in [0, 0.1) is 0 Å². The van der Waals surface area contributed by atoms with Crippen molar-refractivity contribution in [1.82, 2.24) is 15.2 Å². The predicted octanol–water partition coefficient (Wildman–Crippen LogP) is 2.70. The summed E-state index contributed by atoms with van der Waals surface area (Å²) in [6.45, 7) is 2.67. The van der Waals surface area contributed by atoms with Crippen LogP contribution in [0.3, 0.4) is 0 Å². The molecule has 1 aliphatic heterocycles. The van der Waals surface area contributed by atoms with Crippen molar-refractivity contribution in [2.24, 2.45) is 0 Å². The number of amides is 2. The van der Waals surface area contributed by atoms with Gasteiger partial charge in [-0.05, 0) is 31.4 Å². The van der Waals surface area contributed by atoms with Gasteiger partial charge in [0.15, 0.2) is 0 Å². The number of nitrogens with zero attached hydrogens (tertiary/aromatic N) is 2. The lowest BCUT2D eigenvalue weighted by Crippen LogP contribution is -2.38. The molecule has 1 saturated heterocycles. The summed E-state index contributed by atoms with van der Waals surface area (Å²) in [5, 5.41) is 3.40. The molecule has 7 heteroatoms. The molecule has 3 rings (SSSR count). The second kappa shape index (κ2) is 6.76. The maximum Gasteiger partial charge on any atom is 0.263 e. The molecule has 3 heterocycles. The third-order valence-electron chi connectivity index (χ3n) is 4.52. The van der Waals surface area contributed by atoms with Crippen LogP contribution >= 0.6 is 11.3 Å². The van der Waals surface area contributed by atoms with E-state index in [1.165, 1.54) is 11.3 Å². The Labute approximate surface area is 145 Å². The molecule has 0 unspecified atom stereocenters. The quantitative estimate of drug-likeness (QED) is 0.894. The van der Waals surface area contributed by atoms with E-state index in [0.717, 1.165) is 41.7 Å². The Morgan fingerprint density at radius 2 is 2.21 bits per heavy atom. The smallest absolute Gasteiger partial charge is 0.263 e. The fraction of sp³-hybridized carbons (Fsp3) is 0.471. The summed E-state index contributed by atoms with van der Waals surface area (Å²) in [6.07, 6.45) is 3.56. The van der Waals surface area contributed by atoms with E-state index in [4.69, 9.17) is 10.7 Å². The molecule has 0 saturated carbocycles. The molecule has 2 aromatic heterocycles. The zero-order valence-electron chi connectivity index (χ0n) is 14.0. The van der Waals surface area contributed by atoms with Crippen LogP contribution in [0.2, 0.25) is 0 Å². The van der Waals surface area contributed by atoms with Gasteiger partial charge in [0.1, 0.15) is 9.71 Å². The van der Waals surface area contributed by atoms with Crippen LogP contribution < -0.4 is 11.1 Å². The first-order chi connectivity index (χ1) is 11.6. The molecular weight excluding hydrogens is 324 g/mol. The fourth-order valence-electron chi connectivity index (χ4n) is 3.22. The topological polar surface area (TPSA) is 88.3 Å². The molecule has 0 bridgehead atoms. The Morgan fingerprint density at radius 3 is 2.92 bits per heavy atom. The lowest BCUT2D eigenvalue weighted by atomic mass is 9.98. The number of likely N-dealkylation sites (tertiary alicyclic amines) is 1. The van der Waals surface area contributed by atoms with Crippen molar-refractivity contribution in [3.8, 4) is 0 Å². The van der Waals surface area contributed by atoms with Crippen molar-refractivity contribution in [3.05, 3.63) is 22.7 Å². The van der Waals surface area contributed by atoms with Gasteiger partial charge < -0.3 is 16.0 Å². The lowest BCUT2D eigenvalue weighted by Gasteiger charge is -2.35. The lowest BCUT2D eigenvalue weighted by molar-refractivity contribution is -0.134. The number of fused-ring (bicyclic) bond motifs is 1. The zero-order valence-corrected chi connectivity index (χ0v) is 14.8. The van der Waals surface area contributed by atoms with Crippen LogP contribution in [0.15, 0.2) is 12.1 Å². The molecule has 1 aliphatic rings. The minimum absolute atomic E-state index is 0.0161. The second-order valence-electron chi connectivity index (χ2n) is 5.97. The Bertz CT molecular complexity index is 786. The molecule has 6 nitrogen and oxygen atoms in total. The summed E-state index contributed by atoms with van der Waals surface area (Å²) in [5.74, 6) is -0.0316. The monoisotopic (exact) mass is 346 g/mol. The molecule has 3 N–H and O–H groups in total. The van der Waals surface area contributed by atoms with Crippen LogP contribution in [0.4, 0.5) is 5.69 Å². The third-order valence-corrected chi connectivity index (χ3v) is 5.63. The number of hydrogen-bond acceptors (Lipinski definition) is 5. The first kappa shape index (κ1) is 16.7. The number of thiophene rings is 1. The number of piperidine rings is 1.